The number of nitrogens with one attached hydrogen (secondary N) is 1. The molecule has 1 aliphatic heterocycles. The summed E-state index contributed by atoms with van der Waals surface area (Å²) >= 11 is 6.23. The molecule has 0 aliphatic carbocycles. The van der Waals surface area contributed by atoms with E-state index in [1.807, 2.05) is 0 Å². The van der Waals surface area contributed by atoms with Gasteiger partial charge in [-0.3, -0.25) is 4.79 Å². The molecule has 0 spiro atoms. The maximum Gasteiger partial charge on any atom is 0.231 e. The molecule has 1 amide bonds. The first-order valence-corrected chi connectivity index (χ1v) is 8.28. The molecule has 2 N–H and O–H groups in total. The number of aliphatic hydroxyl groups is 1. The van der Waals surface area contributed by atoms with E-state index >= 15 is 0 Å². The Morgan fingerprint density at radius 1 is 1.44 bits per heavy atom. The predicted molar refractivity (Wildman–Crippen MR) is 93.3 cm³/mol. The predicted octanol–water partition coefficient (Wildman–Crippen LogP) is 2.85. The third-order valence-electron chi connectivity index (χ3n) is 4.43. The fourth-order valence-corrected chi connectivity index (χ4v) is 3.59. The van der Waals surface area contributed by atoms with Crippen LogP contribution < -0.4 is 4.90 Å². The standard InChI is InChI=1S/C18H15ClFN3O2/c19-14-3-4-21-18-17(14)11(8-22-18)7-16(25)23-9-13(24)6-10-5-12(20)1-2-15(10)23/h1-5,8,13,24H,6-7,9H2,(H,21,22). The molecule has 0 radical (unpaired) electrons. The SMILES string of the molecule is O=C(Cc1c[nH]c2nccc(Cl)c12)N1CC(O)Cc2cc(F)ccc21. The summed E-state index contributed by atoms with van der Waals surface area (Å²) in [5.41, 5.74) is 2.63. The number of aromatic amines is 1. The van der Waals surface area contributed by atoms with Crippen LogP contribution in [0.5, 0.6) is 0 Å². The molecule has 0 saturated carbocycles. The largest absolute Gasteiger partial charge is 0.391 e. The number of β-amino-alcohol motifs (C(OH)–C–C–N with tert-alkyl or cyclic N) is 1. The molecule has 3 aromatic rings. The van der Waals surface area contributed by atoms with Crippen LogP contribution in [-0.4, -0.2) is 33.6 Å². The Morgan fingerprint density at radius 2 is 2.28 bits per heavy atom. The summed E-state index contributed by atoms with van der Waals surface area (Å²) < 4.78 is 13.5. The van der Waals surface area contributed by atoms with Gasteiger partial charge >= 0.3 is 0 Å². The average Bonchev–Trinajstić information content (AvgIpc) is 2.98. The fourth-order valence-electron chi connectivity index (χ4n) is 3.32. The number of carbonyl (C=O) groups excluding carboxylic acids is 1. The van der Waals surface area contributed by atoms with Crippen LogP contribution in [0.3, 0.4) is 0 Å². The lowest BCUT2D eigenvalue weighted by Gasteiger charge is -2.32. The Morgan fingerprint density at radius 3 is 3.12 bits per heavy atom. The number of benzene rings is 1. The van der Waals surface area contributed by atoms with Gasteiger partial charge in [0, 0.05) is 29.9 Å². The molecule has 1 atom stereocenters. The van der Waals surface area contributed by atoms with Crippen molar-refractivity contribution in [2.45, 2.75) is 18.9 Å². The molecule has 1 unspecified atom stereocenters. The lowest BCUT2D eigenvalue weighted by Crippen LogP contribution is -2.43. The first-order chi connectivity index (χ1) is 12.0. The van der Waals surface area contributed by atoms with Crippen molar-refractivity contribution in [1.29, 1.82) is 0 Å². The van der Waals surface area contributed by atoms with Crippen LogP contribution in [0, 0.1) is 5.82 Å². The quantitative estimate of drug-likeness (QED) is 0.739. The topological polar surface area (TPSA) is 69.2 Å². The van der Waals surface area contributed by atoms with E-state index in [0.717, 1.165) is 10.9 Å². The molecule has 7 heteroatoms. The Hall–Kier alpha value is -2.44. The Kier molecular flexibility index (Phi) is 3.94. The molecule has 1 aromatic carbocycles. The first kappa shape index (κ1) is 16.1. The minimum atomic E-state index is -0.716. The second-order valence-electron chi connectivity index (χ2n) is 6.14. The number of hydrogen-bond donors (Lipinski definition) is 2. The van der Waals surface area contributed by atoms with Crippen molar-refractivity contribution in [2.75, 3.05) is 11.4 Å². The van der Waals surface area contributed by atoms with Gasteiger partial charge in [-0.1, -0.05) is 11.6 Å². The smallest absolute Gasteiger partial charge is 0.231 e. The number of hydrogen-bond acceptors (Lipinski definition) is 3. The zero-order valence-electron chi connectivity index (χ0n) is 13.2. The van der Waals surface area contributed by atoms with Crippen LogP contribution in [0.1, 0.15) is 11.1 Å². The van der Waals surface area contributed by atoms with Crippen LogP contribution in [-0.2, 0) is 17.6 Å². The lowest BCUT2D eigenvalue weighted by atomic mass is 9.98. The van der Waals surface area contributed by atoms with Crippen molar-refractivity contribution in [3.05, 3.63) is 58.6 Å². The Labute approximate surface area is 148 Å². The second-order valence-corrected chi connectivity index (χ2v) is 6.55. The molecule has 128 valence electrons. The lowest BCUT2D eigenvalue weighted by molar-refractivity contribution is -0.118. The number of H-pyrrole nitrogens is 1. The fraction of sp³-hybridized carbons (Fsp3) is 0.222. The van der Waals surface area contributed by atoms with E-state index in [9.17, 15) is 14.3 Å². The maximum absolute atomic E-state index is 13.5. The van der Waals surface area contributed by atoms with Gasteiger partial charge in [-0.2, -0.15) is 0 Å². The number of anilines is 1. The van der Waals surface area contributed by atoms with Gasteiger partial charge in [-0.05, 0) is 35.4 Å². The second kappa shape index (κ2) is 6.13. The van der Waals surface area contributed by atoms with E-state index in [2.05, 4.69) is 9.97 Å². The third kappa shape index (κ3) is 2.88. The van der Waals surface area contributed by atoms with E-state index in [0.29, 0.717) is 28.3 Å². The number of amides is 1. The molecule has 5 nitrogen and oxygen atoms in total. The van der Waals surface area contributed by atoms with Crippen LogP contribution in [0.4, 0.5) is 10.1 Å². The number of fused-ring (bicyclic) bond motifs is 2. The zero-order valence-corrected chi connectivity index (χ0v) is 13.9. The zero-order chi connectivity index (χ0) is 17.6. The summed E-state index contributed by atoms with van der Waals surface area (Å²) in [5, 5.41) is 11.3. The minimum Gasteiger partial charge on any atom is -0.391 e. The van der Waals surface area contributed by atoms with Gasteiger partial charge in [0.15, 0.2) is 0 Å². The van der Waals surface area contributed by atoms with Gasteiger partial charge in [-0.25, -0.2) is 9.37 Å². The molecular weight excluding hydrogens is 345 g/mol. The van der Waals surface area contributed by atoms with Crippen molar-refractivity contribution in [2.24, 2.45) is 0 Å². The van der Waals surface area contributed by atoms with Crippen LogP contribution in [0.15, 0.2) is 36.7 Å². The number of nitrogens with zero attached hydrogens (tertiary/aromatic N) is 2. The van der Waals surface area contributed by atoms with E-state index in [1.54, 1.807) is 24.5 Å². The highest BCUT2D eigenvalue weighted by molar-refractivity contribution is 6.35. The summed E-state index contributed by atoms with van der Waals surface area (Å²) in [4.78, 5) is 21.6. The summed E-state index contributed by atoms with van der Waals surface area (Å²) in [5.74, 6) is -0.567. The van der Waals surface area contributed by atoms with Crippen molar-refractivity contribution in [1.82, 2.24) is 9.97 Å². The molecule has 4 rings (SSSR count). The molecule has 2 aromatic heterocycles. The summed E-state index contributed by atoms with van der Waals surface area (Å²) in [6.45, 7) is 0.186. The molecular formula is C18H15ClFN3O2. The van der Waals surface area contributed by atoms with Crippen LogP contribution in [0.25, 0.3) is 11.0 Å². The Balaban J connectivity index is 1.67. The highest BCUT2D eigenvalue weighted by atomic mass is 35.5. The van der Waals surface area contributed by atoms with E-state index < -0.39 is 6.10 Å². The van der Waals surface area contributed by atoms with Crippen LogP contribution in [0.2, 0.25) is 5.02 Å². The summed E-state index contributed by atoms with van der Waals surface area (Å²) in [6.07, 6.45) is 3.03. The molecule has 25 heavy (non-hydrogen) atoms. The highest BCUT2D eigenvalue weighted by Crippen LogP contribution is 2.30. The van der Waals surface area contributed by atoms with Gasteiger partial charge in [0.25, 0.3) is 0 Å². The molecule has 0 fully saturated rings. The number of halogens is 2. The summed E-state index contributed by atoms with van der Waals surface area (Å²) in [7, 11) is 0. The molecule has 0 bridgehead atoms. The van der Waals surface area contributed by atoms with Crippen molar-refractivity contribution >= 4 is 34.2 Å². The molecule has 1 aliphatic rings. The number of aromatic nitrogens is 2. The minimum absolute atomic E-state index is 0.106. The van der Waals surface area contributed by atoms with Crippen LogP contribution >= 0.6 is 11.6 Å². The van der Waals surface area contributed by atoms with Gasteiger partial charge < -0.3 is 15.0 Å². The number of carbonyl (C=O) groups is 1. The van der Waals surface area contributed by atoms with Gasteiger partial charge in [0.05, 0.1) is 24.1 Å². The normalized spacial score (nSPS) is 16.9. The first-order valence-electron chi connectivity index (χ1n) is 7.90. The highest BCUT2D eigenvalue weighted by Gasteiger charge is 2.28. The average molecular weight is 360 g/mol. The van der Waals surface area contributed by atoms with Gasteiger partial charge in [-0.15, -0.1) is 0 Å². The number of rotatable bonds is 2. The van der Waals surface area contributed by atoms with E-state index in [4.69, 9.17) is 11.6 Å². The van der Waals surface area contributed by atoms with Gasteiger partial charge in [0.2, 0.25) is 5.91 Å². The molecule has 0 saturated heterocycles. The number of pyridine rings is 1. The van der Waals surface area contributed by atoms with Crippen molar-refractivity contribution in [3.8, 4) is 0 Å². The number of aliphatic hydroxyl groups excluding tert-OH is 1. The maximum atomic E-state index is 13.5. The van der Waals surface area contributed by atoms with Crippen molar-refractivity contribution < 1.29 is 14.3 Å². The Bertz CT molecular complexity index is 972. The third-order valence-corrected chi connectivity index (χ3v) is 4.74. The monoisotopic (exact) mass is 359 g/mol. The van der Waals surface area contributed by atoms with E-state index in [-0.39, 0.29) is 24.7 Å². The van der Waals surface area contributed by atoms with Gasteiger partial charge in [0.1, 0.15) is 11.5 Å². The summed E-state index contributed by atoms with van der Waals surface area (Å²) in [6, 6.07) is 5.94. The van der Waals surface area contributed by atoms with Crippen molar-refractivity contribution in [3.63, 3.8) is 0 Å². The van der Waals surface area contributed by atoms with E-state index in [1.165, 1.54) is 17.0 Å². The molecule has 3 heterocycles.